The molecule has 0 unspecified atom stereocenters. The van der Waals surface area contributed by atoms with Crippen LogP contribution < -0.4 is 0 Å². The molecule has 7 heteroatoms. The first-order valence-corrected chi connectivity index (χ1v) is 5.55. The monoisotopic (exact) mass is 288 g/mol. The van der Waals surface area contributed by atoms with Gasteiger partial charge in [0.15, 0.2) is 0 Å². The molecule has 0 atom stereocenters. The van der Waals surface area contributed by atoms with Crippen LogP contribution in [0, 0.1) is 0 Å². The minimum absolute atomic E-state index is 0.0513. The Morgan fingerprint density at radius 1 is 1.35 bits per heavy atom. The average molecular weight is 288 g/mol. The van der Waals surface area contributed by atoms with Crippen LogP contribution in [0.25, 0.3) is 6.08 Å². The molecule has 0 amide bonds. The van der Waals surface area contributed by atoms with Crippen molar-refractivity contribution in [2.75, 3.05) is 6.61 Å². The van der Waals surface area contributed by atoms with Gasteiger partial charge in [0.2, 0.25) is 0 Å². The molecular weight excluding hydrogens is 277 g/mol. The summed E-state index contributed by atoms with van der Waals surface area (Å²) in [6.07, 6.45) is -2.69. The van der Waals surface area contributed by atoms with Gasteiger partial charge in [-0.15, -0.1) is 0 Å². The second-order valence-corrected chi connectivity index (χ2v) is 3.69. The number of carboxylic acids is 1. The second-order valence-electron chi connectivity index (χ2n) is 3.69. The van der Waals surface area contributed by atoms with Gasteiger partial charge in [0.1, 0.15) is 0 Å². The van der Waals surface area contributed by atoms with E-state index < -0.39 is 29.2 Å². The molecule has 1 rings (SSSR count). The number of carboxylic acid groups (broad SMARTS) is 1. The predicted molar refractivity (Wildman–Crippen MR) is 64.1 cm³/mol. The topological polar surface area (TPSA) is 63.6 Å². The average Bonchev–Trinajstić information content (AvgIpc) is 2.35. The summed E-state index contributed by atoms with van der Waals surface area (Å²) >= 11 is 0. The molecule has 0 bridgehead atoms. The highest BCUT2D eigenvalue weighted by Gasteiger charge is 2.35. The van der Waals surface area contributed by atoms with Gasteiger partial charge in [-0.3, -0.25) is 0 Å². The summed E-state index contributed by atoms with van der Waals surface area (Å²) in [7, 11) is 0. The molecule has 0 spiro atoms. The molecule has 1 N–H and O–H groups in total. The number of carbonyl (C=O) groups is 2. The molecule has 0 aromatic heterocycles. The van der Waals surface area contributed by atoms with Crippen molar-refractivity contribution in [1.82, 2.24) is 0 Å². The summed E-state index contributed by atoms with van der Waals surface area (Å²) in [6.45, 7) is 1.74. The summed E-state index contributed by atoms with van der Waals surface area (Å²) in [5.41, 5.74) is -2.06. The van der Waals surface area contributed by atoms with E-state index in [9.17, 15) is 22.8 Å². The van der Waals surface area contributed by atoms with Gasteiger partial charge in [0, 0.05) is 6.08 Å². The Hall–Kier alpha value is -2.31. The number of carbonyl (C=O) groups excluding carboxylic acids is 1. The van der Waals surface area contributed by atoms with Crippen molar-refractivity contribution in [2.45, 2.75) is 13.1 Å². The van der Waals surface area contributed by atoms with Gasteiger partial charge in [-0.05, 0) is 30.7 Å². The lowest BCUT2D eigenvalue weighted by atomic mass is 10.0. The first-order chi connectivity index (χ1) is 9.25. The third kappa shape index (κ3) is 4.11. The number of halogens is 3. The first kappa shape index (κ1) is 15.7. The van der Waals surface area contributed by atoms with Crippen molar-refractivity contribution >= 4 is 18.0 Å². The van der Waals surface area contributed by atoms with Gasteiger partial charge in [0.25, 0.3) is 0 Å². The third-order valence-corrected chi connectivity index (χ3v) is 2.28. The highest BCUT2D eigenvalue weighted by molar-refractivity contribution is 5.91. The van der Waals surface area contributed by atoms with Gasteiger partial charge in [-0.25, -0.2) is 9.59 Å². The Labute approximate surface area is 112 Å². The molecule has 0 fully saturated rings. The van der Waals surface area contributed by atoms with Crippen LogP contribution >= 0.6 is 0 Å². The Morgan fingerprint density at radius 2 is 2.00 bits per heavy atom. The van der Waals surface area contributed by atoms with Crippen LogP contribution in [-0.4, -0.2) is 23.7 Å². The molecule has 0 saturated heterocycles. The minimum Gasteiger partial charge on any atom is -0.478 e. The van der Waals surface area contributed by atoms with E-state index in [2.05, 4.69) is 4.74 Å². The van der Waals surface area contributed by atoms with Gasteiger partial charge in [0.05, 0.1) is 17.7 Å². The molecule has 0 aliphatic heterocycles. The minimum atomic E-state index is -4.79. The molecule has 0 aliphatic rings. The Bertz CT molecular complexity index is 547. The number of hydrogen-bond acceptors (Lipinski definition) is 3. The summed E-state index contributed by atoms with van der Waals surface area (Å²) in [5, 5.41) is 8.72. The highest BCUT2D eigenvalue weighted by Crippen LogP contribution is 2.33. The van der Waals surface area contributed by atoms with Crippen LogP contribution in [0.3, 0.4) is 0 Å². The van der Waals surface area contributed by atoms with E-state index in [0.717, 1.165) is 18.2 Å². The SMILES string of the molecule is CCOC(=O)C=Cc1ccc(C(=O)O)c(C(F)(F)F)c1. The van der Waals surface area contributed by atoms with Crippen molar-refractivity contribution in [3.8, 4) is 0 Å². The van der Waals surface area contributed by atoms with Gasteiger partial charge >= 0.3 is 18.1 Å². The molecule has 0 heterocycles. The van der Waals surface area contributed by atoms with E-state index in [-0.39, 0.29) is 12.2 Å². The number of esters is 1. The van der Waals surface area contributed by atoms with Crippen LogP contribution in [-0.2, 0) is 15.7 Å². The van der Waals surface area contributed by atoms with Crippen molar-refractivity contribution < 1.29 is 32.6 Å². The normalized spacial score (nSPS) is 11.6. The van der Waals surface area contributed by atoms with Crippen molar-refractivity contribution in [3.63, 3.8) is 0 Å². The third-order valence-electron chi connectivity index (χ3n) is 2.28. The number of ether oxygens (including phenoxy) is 1. The zero-order valence-corrected chi connectivity index (χ0v) is 10.4. The number of hydrogen-bond donors (Lipinski definition) is 1. The molecule has 1 aromatic rings. The molecule has 0 saturated carbocycles. The van der Waals surface area contributed by atoms with Crippen LogP contribution in [0.4, 0.5) is 13.2 Å². The lowest BCUT2D eigenvalue weighted by Gasteiger charge is -2.10. The molecule has 0 radical (unpaired) electrons. The molecule has 1 aromatic carbocycles. The lowest BCUT2D eigenvalue weighted by Crippen LogP contribution is -2.13. The van der Waals surface area contributed by atoms with Crippen molar-refractivity contribution in [2.24, 2.45) is 0 Å². The number of benzene rings is 1. The summed E-state index contributed by atoms with van der Waals surface area (Å²) in [5.74, 6) is -2.36. The van der Waals surface area contributed by atoms with E-state index in [1.807, 2.05) is 0 Å². The maximum Gasteiger partial charge on any atom is 0.417 e. The molecule has 108 valence electrons. The second kappa shape index (κ2) is 6.23. The van der Waals surface area contributed by atoms with Crippen molar-refractivity contribution in [1.29, 1.82) is 0 Å². The lowest BCUT2D eigenvalue weighted by molar-refractivity contribution is -0.138. The number of rotatable bonds is 4. The fraction of sp³-hybridized carbons (Fsp3) is 0.231. The largest absolute Gasteiger partial charge is 0.478 e. The maximum atomic E-state index is 12.7. The molecule has 4 nitrogen and oxygen atoms in total. The zero-order valence-electron chi connectivity index (χ0n) is 10.4. The summed E-state index contributed by atoms with van der Waals surface area (Å²) in [6, 6.07) is 2.68. The molecule has 20 heavy (non-hydrogen) atoms. The van der Waals surface area contributed by atoms with Crippen molar-refractivity contribution in [3.05, 3.63) is 41.0 Å². The standard InChI is InChI=1S/C13H11F3O4/c1-2-20-11(17)6-4-8-3-5-9(12(18)19)10(7-8)13(14,15)16/h3-7H,2H2,1H3,(H,18,19). The quantitative estimate of drug-likeness (QED) is 0.683. The van der Waals surface area contributed by atoms with Gasteiger partial charge in [-0.2, -0.15) is 13.2 Å². The Morgan fingerprint density at radius 3 is 2.50 bits per heavy atom. The van der Waals surface area contributed by atoms with Gasteiger partial charge < -0.3 is 9.84 Å². The maximum absolute atomic E-state index is 12.7. The van der Waals surface area contributed by atoms with Crippen LogP contribution in [0.2, 0.25) is 0 Å². The molecular formula is C13H11F3O4. The smallest absolute Gasteiger partial charge is 0.417 e. The fourth-order valence-electron chi connectivity index (χ4n) is 1.44. The van der Waals surface area contributed by atoms with Crippen LogP contribution in [0.15, 0.2) is 24.3 Å². The van der Waals surface area contributed by atoms with Crippen LogP contribution in [0.5, 0.6) is 0 Å². The fourth-order valence-corrected chi connectivity index (χ4v) is 1.44. The predicted octanol–water partition coefficient (Wildman–Crippen LogP) is 2.98. The molecule has 0 aliphatic carbocycles. The highest BCUT2D eigenvalue weighted by atomic mass is 19.4. The van der Waals surface area contributed by atoms with E-state index in [4.69, 9.17) is 5.11 Å². The Kier molecular flexibility index (Phi) is 4.90. The van der Waals surface area contributed by atoms with E-state index >= 15 is 0 Å². The number of alkyl halides is 3. The number of aromatic carboxylic acids is 1. The van der Waals surface area contributed by atoms with E-state index in [1.165, 1.54) is 6.07 Å². The van der Waals surface area contributed by atoms with Crippen LogP contribution in [0.1, 0.15) is 28.4 Å². The van der Waals surface area contributed by atoms with E-state index in [1.54, 1.807) is 6.92 Å². The summed E-state index contributed by atoms with van der Waals surface area (Å²) < 4.78 is 42.8. The zero-order chi connectivity index (χ0) is 15.3. The Balaban J connectivity index is 3.14. The van der Waals surface area contributed by atoms with E-state index in [0.29, 0.717) is 6.07 Å². The first-order valence-electron chi connectivity index (χ1n) is 5.55. The summed E-state index contributed by atoms with van der Waals surface area (Å²) in [4.78, 5) is 21.8. The van der Waals surface area contributed by atoms with Gasteiger partial charge in [-0.1, -0.05) is 6.07 Å².